The molecule has 1 aromatic rings. The maximum Gasteiger partial charge on any atom is 0.176 e. The van der Waals surface area contributed by atoms with E-state index in [4.69, 9.17) is 4.74 Å². The molecule has 3 heterocycles. The van der Waals surface area contributed by atoms with Crippen LogP contribution >= 0.6 is 0 Å². The van der Waals surface area contributed by atoms with Crippen LogP contribution in [-0.2, 0) is 17.9 Å². The topological polar surface area (TPSA) is 55.2 Å². The molecular formula is C15H25N5O. The average Bonchev–Trinajstić information content (AvgIpc) is 3.08. The summed E-state index contributed by atoms with van der Waals surface area (Å²) in [5.74, 6) is 1.92. The summed E-state index contributed by atoms with van der Waals surface area (Å²) in [7, 11) is 1.70. The van der Waals surface area contributed by atoms with Gasteiger partial charge in [-0.05, 0) is 32.1 Å². The molecule has 1 saturated carbocycles. The molecule has 1 aliphatic carbocycles. The predicted octanol–water partition coefficient (Wildman–Crippen LogP) is 1.09. The lowest BCUT2D eigenvalue weighted by Crippen LogP contribution is -2.38. The zero-order valence-corrected chi connectivity index (χ0v) is 12.8. The summed E-state index contributed by atoms with van der Waals surface area (Å²) < 4.78 is 7.23. The number of likely N-dealkylation sites (tertiary alicyclic amines) is 1. The molecule has 0 amide bonds. The van der Waals surface area contributed by atoms with E-state index in [0.717, 1.165) is 24.2 Å². The SMILES string of the molecule is COCc1nc2n(n1)CCC[C@H]2N[C@@H]1CCN(C2CC2)C1. The maximum atomic E-state index is 5.16. The summed E-state index contributed by atoms with van der Waals surface area (Å²) in [5.41, 5.74) is 0. The first-order valence-corrected chi connectivity index (χ1v) is 8.26. The fourth-order valence-electron chi connectivity index (χ4n) is 3.73. The van der Waals surface area contributed by atoms with Crippen molar-refractivity contribution in [1.29, 1.82) is 0 Å². The number of methoxy groups -OCH3 is 1. The van der Waals surface area contributed by atoms with Crippen molar-refractivity contribution in [2.75, 3.05) is 20.2 Å². The van der Waals surface area contributed by atoms with Gasteiger partial charge in [0, 0.05) is 38.8 Å². The fourth-order valence-corrected chi connectivity index (χ4v) is 3.73. The van der Waals surface area contributed by atoms with Gasteiger partial charge in [-0.15, -0.1) is 0 Å². The van der Waals surface area contributed by atoms with Crippen LogP contribution in [-0.4, -0.2) is 51.9 Å². The molecule has 21 heavy (non-hydrogen) atoms. The zero-order chi connectivity index (χ0) is 14.2. The van der Waals surface area contributed by atoms with Crippen LogP contribution in [0.25, 0.3) is 0 Å². The van der Waals surface area contributed by atoms with Crippen LogP contribution < -0.4 is 5.32 Å². The lowest BCUT2D eigenvalue weighted by atomic mass is 10.1. The molecule has 2 aliphatic heterocycles. The number of nitrogens with zero attached hydrogens (tertiary/aromatic N) is 4. The third-order valence-electron chi connectivity index (χ3n) is 4.91. The van der Waals surface area contributed by atoms with Gasteiger partial charge in [-0.1, -0.05) is 0 Å². The van der Waals surface area contributed by atoms with Crippen molar-refractivity contribution in [3.05, 3.63) is 11.6 Å². The number of aryl methyl sites for hydroxylation is 1. The Morgan fingerprint density at radius 2 is 2.14 bits per heavy atom. The highest BCUT2D eigenvalue weighted by Crippen LogP contribution is 2.31. The van der Waals surface area contributed by atoms with Gasteiger partial charge >= 0.3 is 0 Å². The van der Waals surface area contributed by atoms with Gasteiger partial charge in [-0.25, -0.2) is 9.67 Å². The van der Waals surface area contributed by atoms with Gasteiger partial charge in [-0.3, -0.25) is 4.90 Å². The number of ether oxygens (including phenoxy) is 1. The minimum atomic E-state index is 0.362. The third kappa shape index (κ3) is 2.84. The van der Waals surface area contributed by atoms with E-state index in [-0.39, 0.29) is 0 Å². The van der Waals surface area contributed by atoms with E-state index in [0.29, 0.717) is 18.7 Å². The van der Waals surface area contributed by atoms with Crippen molar-refractivity contribution in [3.63, 3.8) is 0 Å². The Morgan fingerprint density at radius 1 is 1.24 bits per heavy atom. The highest BCUT2D eigenvalue weighted by Gasteiger charge is 2.36. The minimum Gasteiger partial charge on any atom is -0.377 e. The first kappa shape index (κ1) is 13.7. The molecule has 6 nitrogen and oxygen atoms in total. The van der Waals surface area contributed by atoms with Crippen molar-refractivity contribution >= 4 is 0 Å². The molecule has 3 aliphatic rings. The summed E-state index contributed by atoms with van der Waals surface area (Å²) in [5, 5.41) is 8.38. The van der Waals surface area contributed by atoms with Crippen LogP contribution in [0.1, 0.15) is 49.8 Å². The second-order valence-electron chi connectivity index (χ2n) is 6.62. The van der Waals surface area contributed by atoms with Gasteiger partial charge in [0.25, 0.3) is 0 Å². The van der Waals surface area contributed by atoms with Crippen LogP contribution in [0.2, 0.25) is 0 Å². The van der Waals surface area contributed by atoms with Crippen molar-refractivity contribution in [2.45, 2.75) is 63.4 Å². The molecule has 1 aromatic heterocycles. The van der Waals surface area contributed by atoms with Gasteiger partial charge in [0.15, 0.2) is 5.82 Å². The predicted molar refractivity (Wildman–Crippen MR) is 78.8 cm³/mol. The molecule has 0 radical (unpaired) electrons. The number of rotatable bonds is 5. The van der Waals surface area contributed by atoms with Crippen molar-refractivity contribution < 1.29 is 4.74 Å². The van der Waals surface area contributed by atoms with E-state index in [2.05, 4.69) is 25.0 Å². The molecule has 0 bridgehead atoms. The van der Waals surface area contributed by atoms with E-state index >= 15 is 0 Å². The Kier molecular flexibility index (Phi) is 3.69. The number of fused-ring (bicyclic) bond motifs is 1. The van der Waals surface area contributed by atoms with Crippen LogP contribution in [0.4, 0.5) is 0 Å². The quantitative estimate of drug-likeness (QED) is 0.880. The van der Waals surface area contributed by atoms with Crippen LogP contribution in [0.15, 0.2) is 0 Å². The maximum absolute atomic E-state index is 5.16. The Morgan fingerprint density at radius 3 is 2.95 bits per heavy atom. The van der Waals surface area contributed by atoms with Gasteiger partial charge < -0.3 is 10.1 Å². The lowest BCUT2D eigenvalue weighted by Gasteiger charge is -2.26. The largest absolute Gasteiger partial charge is 0.377 e. The second kappa shape index (κ2) is 5.66. The summed E-state index contributed by atoms with van der Waals surface area (Å²) in [6.07, 6.45) is 6.44. The Balaban J connectivity index is 1.42. The third-order valence-corrected chi connectivity index (χ3v) is 4.91. The van der Waals surface area contributed by atoms with Crippen LogP contribution in [0.3, 0.4) is 0 Å². The number of aromatic nitrogens is 3. The molecule has 116 valence electrons. The molecule has 4 rings (SSSR count). The average molecular weight is 291 g/mol. The molecule has 1 N–H and O–H groups in total. The summed E-state index contributed by atoms with van der Waals surface area (Å²) in [6.45, 7) is 3.96. The smallest absolute Gasteiger partial charge is 0.176 e. The standard InChI is InChI=1S/C15H25N5O/c1-21-10-14-17-15-13(3-2-7-20(15)18-14)16-11-6-8-19(9-11)12-4-5-12/h11-13,16H,2-10H2,1H3/t11-,13-/m1/s1. The first-order chi connectivity index (χ1) is 10.3. The molecule has 2 fully saturated rings. The highest BCUT2D eigenvalue weighted by atomic mass is 16.5. The van der Waals surface area contributed by atoms with E-state index in [1.807, 2.05) is 0 Å². The first-order valence-electron chi connectivity index (χ1n) is 8.26. The van der Waals surface area contributed by atoms with Crippen molar-refractivity contribution in [1.82, 2.24) is 25.0 Å². The molecule has 2 atom stereocenters. The number of hydrogen-bond donors (Lipinski definition) is 1. The van der Waals surface area contributed by atoms with E-state index < -0.39 is 0 Å². The lowest BCUT2D eigenvalue weighted by molar-refractivity contribution is 0.177. The van der Waals surface area contributed by atoms with Crippen LogP contribution in [0, 0.1) is 0 Å². The molecule has 6 heteroatoms. The summed E-state index contributed by atoms with van der Waals surface area (Å²) in [4.78, 5) is 7.34. The monoisotopic (exact) mass is 291 g/mol. The van der Waals surface area contributed by atoms with Gasteiger partial charge in [-0.2, -0.15) is 5.10 Å². The minimum absolute atomic E-state index is 0.362. The van der Waals surface area contributed by atoms with Crippen LogP contribution in [0.5, 0.6) is 0 Å². The van der Waals surface area contributed by atoms with E-state index in [9.17, 15) is 0 Å². The van der Waals surface area contributed by atoms with E-state index in [1.54, 1.807) is 7.11 Å². The van der Waals surface area contributed by atoms with E-state index in [1.165, 1.54) is 45.2 Å². The fraction of sp³-hybridized carbons (Fsp3) is 0.867. The normalized spacial score (nSPS) is 29.8. The van der Waals surface area contributed by atoms with Gasteiger partial charge in [0.05, 0.1) is 6.04 Å². The summed E-state index contributed by atoms with van der Waals surface area (Å²) >= 11 is 0. The molecule has 0 spiro atoms. The Labute approximate surface area is 125 Å². The van der Waals surface area contributed by atoms with Crippen molar-refractivity contribution in [2.24, 2.45) is 0 Å². The number of hydrogen-bond acceptors (Lipinski definition) is 5. The number of nitrogens with one attached hydrogen (secondary N) is 1. The molecular weight excluding hydrogens is 266 g/mol. The zero-order valence-electron chi connectivity index (χ0n) is 12.8. The Bertz CT molecular complexity index is 498. The molecule has 1 saturated heterocycles. The molecule has 0 aromatic carbocycles. The van der Waals surface area contributed by atoms with Gasteiger partial charge in [0.2, 0.25) is 0 Å². The van der Waals surface area contributed by atoms with Crippen molar-refractivity contribution in [3.8, 4) is 0 Å². The molecule has 0 unspecified atom stereocenters. The second-order valence-corrected chi connectivity index (χ2v) is 6.62. The summed E-state index contributed by atoms with van der Waals surface area (Å²) in [6, 6.07) is 1.87. The highest BCUT2D eigenvalue weighted by molar-refractivity contribution is 5.03. The van der Waals surface area contributed by atoms with Gasteiger partial charge in [0.1, 0.15) is 12.4 Å². The Hall–Kier alpha value is -0.980.